The van der Waals surface area contributed by atoms with Gasteiger partial charge in [0.1, 0.15) is 0 Å². The highest BCUT2D eigenvalue weighted by atomic mass is 32.2. The molecule has 1 N–H and O–H groups in total. The number of hydrogen-bond donors (Lipinski definition) is 1. The number of hydrogen-bond acceptors (Lipinski definition) is 3. The number of benzene rings is 1. The number of ether oxygens (including phenoxy) is 1. The Hall–Kier alpha value is -0.510. The maximum atomic E-state index is 9.57. The third-order valence-corrected chi connectivity index (χ3v) is 3.30. The predicted octanol–water partition coefficient (Wildman–Crippen LogP) is 2.87. The van der Waals surface area contributed by atoms with Crippen molar-refractivity contribution in [2.24, 2.45) is 0 Å². The summed E-state index contributed by atoms with van der Waals surface area (Å²) in [7, 11) is 1.72. The number of rotatable bonds is 6. The smallest absolute Gasteiger partial charge is 0.0772 e. The van der Waals surface area contributed by atoms with Gasteiger partial charge in [0.25, 0.3) is 0 Å². The standard InChI is InChI=1S/C12H18O2S/c1-10(13)11-6-3-4-7-12(11)15-9-5-8-14-2/h3-4,6-7,10,13H,5,8-9H2,1-2H3/t10-/m0/s1. The maximum Gasteiger partial charge on any atom is 0.0772 e. The van der Waals surface area contributed by atoms with Crippen molar-refractivity contribution in [1.29, 1.82) is 0 Å². The van der Waals surface area contributed by atoms with Crippen molar-refractivity contribution in [1.82, 2.24) is 0 Å². The average molecular weight is 226 g/mol. The lowest BCUT2D eigenvalue weighted by molar-refractivity contribution is 0.196. The molecule has 1 aromatic carbocycles. The quantitative estimate of drug-likeness (QED) is 0.597. The Morgan fingerprint density at radius 1 is 1.40 bits per heavy atom. The molecule has 0 aliphatic heterocycles. The van der Waals surface area contributed by atoms with Crippen LogP contribution in [-0.4, -0.2) is 24.6 Å². The molecule has 0 amide bonds. The molecule has 3 heteroatoms. The van der Waals surface area contributed by atoms with E-state index in [2.05, 4.69) is 6.07 Å². The van der Waals surface area contributed by atoms with E-state index < -0.39 is 6.10 Å². The van der Waals surface area contributed by atoms with Crippen LogP contribution in [0.3, 0.4) is 0 Å². The van der Waals surface area contributed by atoms with Gasteiger partial charge in [-0.2, -0.15) is 0 Å². The van der Waals surface area contributed by atoms with E-state index >= 15 is 0 Å². The second-order valence-electron chi connectivity index (χ2n) is 3.41. The van der Waals surface area contributed by atoms with Crippen LogP contribution in [-0.2, 0) is 4.74 Å². The molecule has 0 unspecified atom stereocenters. The molecule has 0 bridgehead atoms. The molecule has 0 radical (unpaired) electrons. The molecule has 0 saturated heterocycles. The van der Waals surface area contributed by atoms with Gasteiger partial charge in [0.15, 0.2) is 0 Å². The summed E-state index contributed by atoms with van der Waals surface area (Å²) >= 11 is 1.78. The van der Waals surface area contributed by atoms with Gasteiger partial charge < -0.3 is 9.84 Å². The molecule has 0 spiro atoms. The fraction of sp³-hybridized carbons (Fsp3) is 0.500. The molecular weight excluding hydrogens is 208 g/mol. The van der Waals surface area contributed by atoms with Gasteiger partial charge in [-0.1, -0.05) is 18.2 Å². The van der Waals surface area contributed by atoms with Crippen LogP contribution in [0.25, 0.3) is 0 Å². The normalized spacial score (nSPS) is 12.7. The maximum absolute atomic E-state index is 9.57. The van der Waals surface area contributed by atoms with Gasteiger partial charge in [0, 0.05) is 24.4 Å². The zero-order valence-corrected chi connectivity index (χ0v) is 10.1. The first-order chi connectivity index (χ1) is 7.25. The van der Waals surface area contributed by atoms with Crippen LogP contribution in [0.1, 0.15) is 25.0 Å². The van der Waals surface area contributed by atoms with E-state index in [4.69, 9.17) is 4.74 Å². The minimum absolute atomic E-state index is 0.392. The lowest BCUT2D eigenvalue weighted by Gasteiger charge is -2.10. The molecule has 15 heavy (non-hydrogen) atoms. The fourth-order valence-corrected chi connectivity index (χ4v) is 2.40. The molecule has 1 rings (SSSR count). The third-order valence-electron chi connectivity index (χ3n) is 2.12. The molecule has 0 aromatic heterocycles. The Kier molecular flexibility index (Phi) is 5.76. The first kappa shape index (κ1) is 12.6. The summed E-state index contributed by atoms with van der Waals surface area (Å²) in [6.07, 6.45) is 0.645. The van der Waals surface area contributed by atoms with Crippen LogP contribution in [0.5, 0.6) is 0 Å². The summed E-state index contributed by atoms with van der Waals surface area (Å²) in [4.78, 5) is 1.17. The molecule has 1 aromatic rings. The van der Waals surface area contributed by atoms with Gasteiger partial charge in [0.2, 0.25) is 0 Å². The Morgan fingerprint density at radius 3 is 2.80 bits per heavy atom. The molecular formula is C12H18O2S. The number of aliphatic hydroxyl groups is 1. The van der Waals surface area contributed by atoms with Crippen LogP contribution in [0, 0.1) is 0 Å². The van der Waals surface area contributed by atoms with Crippen LogP contribution >= 0.6 is 11.8 Å². The highest BCUT2D eigenvalue weighted by Gasteiger charge is 2.06. The van der Waals surface area contributed by atoms with E-state index in [9.17, 15) is 5.11 Å². The van der Waals surface area contributed by atoms with Crippen LogP contribution in [0.2, 0.25) is 0 Å². The van der Waals surface area contributed by atoms with E-state index in [1.165, 1.54) is 4.90 Å². The second kappa shape index (κ2) is 6.88. The summed E-state index contributed by atoms with van der Waals surface area (Å²) in [5.41, 5.74) is 1.01. The summed E-state index contributed by atoms with van der Waals surface area (Å²) in [6.45, 7) is 2.60. The van der Waals surface area contributed by atoms with Gasteiger partial charge in [0.05, 0.1) is 6.10 Å². The summed E-state index contributed by atoms with van der Waals surface area (Å²) < 4.78 is 4.99. The molecule has 0 aliphatic carbocycles. The molecule has 0 heterocycles. The zero-order valence-electron chi connectivity index (χ0n) is 9.27. The first-order valence-corrected chi connectivity index (χ1v) is 6.13. The van der Waals surface area contributed by atoms with E-state index in [0.717, 1.165) is 24.3 Å². The summed E-state index contributed by atoms with van der Waals surface area (Å²) in [5.74, 6) is 1.03. The summed E-state index contributed by atoms with van der Waals surface area (Å²) in [5, 5.41) is 9.57. The number of aliphatic hydroxyl groups excluding tert-OH is 1. The topological polar surface area (TPSA) is 29.5 Å². The Morgan fingerprint density at radius 2 is 2.13 bits per heavy atom. The van der Waals surface area contributed by atoms with Crippen molar-refractivity contribution >= 4 is 11.8 Å². The van der Waals surface area contributed by atoms with E-state index in [1.54, 1.807) is 25.8 Å². The van der Waals surface area contributed by atoms with Crippen molar-refractivity contribution in [3.8, 4) is 0 Å². The highest BCUT2D eigenvalue weighted by molar-refractivity contribution is 7.99. The SMILES string of the molecule is COCCCSc1ccccc1[C@H](C)O. The monoisotopic (exact) mass is 226 g/mol. The molecule has 0 fully saturated rings. The highest BCUT2D eigenvalue weighted by Crippen LogP contribution is 2.27. The molecule has 0 aliphatic rings. The van der Waals surface area contributed by atoms with Crippen molar-refractivity contribution < 1.29 is 9.84 Å². The lowest BCUT2D eigenvalue weighted by atomic mass is 10.1. The number of thioether (sulfide) groups is 1. The van der Waals surface area contributed by atoms with Gasteiger partial charge >= 0.3 is 0 Å². The van der Waals surface area contributed by atoms with E-state index in [0.29, 0.717) is 0 Å². The first-order valence-electron chi connectivity index (χ1n) is 5.14. The number of methoxy groups -OCH3 is 1. The average Bonchev–Trinajstić information content (AvgIpc) is 2.25. The molecule has 1 atom stereocenters. The third kappa shape index (κ3) is 4.24. The van der Waals surface area contributed by atoms with Gasteiger partial charge in [-0.25, -0.2) is 0 Å². The van der Waals surface area contributed by atoms with Crippen molar-refractivity contribution in [3.05, 3.63) is 29.8 Å². The van der Waals surface area contributed by atoms with Crippen molar-refractivity contribution in [2.75, 3.05) is 19.5 Å². The lowest BCUT2D eigenvalue weighted by Crippen LogP contribution is -1.95. The van der Waals surface area contributed by atoms with Crippen molar-refractivity contribution in [3.63, 3.8) is 0 Å². The molecule has 2 nitrogen and oxygen atoms in total. The van der Waals surface area contributed by atoms with E-state index in [1.807, 2.05) is 18.2 Å². The second-order valence-corrected chi connectivity index (χ2v) is 4.55. The largest absolute Gasteiger partial charge is 0.389 e. The molecule has 0 saturated carbocycles. The van der Waals surface area contributed by atoms with Gasteiger partial charge in [-0.15, -0.1) is 11.8 Å². The van der Waals surface area contributed by atoms with Crippen LogP contribution in [0.4, 0.5) is 0 Å². The van der Waals surface area contributed by atoms with Crippen LogP contribution in [0.15, 0.2) is 29.2 Å². The minimum Gasteiger partial charge on any atom is -0.389 e. The Balaban J connectivity index is 2.52. The van der Waals surface area contributed by atoms with E-state index in [-0.39, 0.29) is 0 Å². The predicted molar refractivity (Wildman–Crippen MR) is 64.3 cm³/mol. The van der Waals surface area contributed by atoms with Crippen LogP contribution < -0.4 is 0 Å². The Bertz CT molecular complexity index is 287. The van der Waals surface area contributed by atoms with Gasteiger partial charge in [-0.3, -0.25) is 0 Å². The fourth-order valence-electron chi connectivity index (χ4n) is 1.34. The van der Waals surface area contributed by atoms with Crippen molar-refractivity contribution in [2.45, 2.75) is 24.3 Å². The summed E-state index contributed by atoms with van der Waals surface area (Å²) in [6, 6.07) is 7.99. The zero-order chi connectivity index (χ0) is 11.1. The Labute approximate surface area is 95.7 Å². The minimum atomic E-state index is -0.392. The molecule has 84 valence electrons. The van der Waals surface area contributed by atoms with Gasteiger partial charge in [-0.05, 0) is 25.0 Å².